The summed E-state index contributed by atoms with van der Waals surface area (Å²) in [5.41, 5.74) is 3.57. The Morgan fingerprint density at radius 3 is 2.65 bits per heavy atom. The SMILES string of the molecule is CCOC(=O)C1=C(C)N=C2SC=CN2[C@@H]1c1ccc(OCC(=O)Nc2ccc(C)c(Cl)c2)cc1. The topological polar surface area (TPSA) is 80.2 Å². The van der Waals surface area contributed by atoms with Gasteiger partial charge >= 0.3 is 5.97 Å². The third-order valence-corrected chi connectivity index (χ3v) is 6.52. The minimum Gasteiger partial charge on any atom is -0.484 e. The van der Waals surface area contributed by atoms with Crippen LogP contribution in [-0.2, 0) is 14.3 Å². The van der Waals surface area contributed by atoms with E-state index in [4.69, 9.17) is 21.1 Å². The van der Waals surface area contributed by atoms with E-state index in [0.717, 1.165) is 16.3 Å². The number of amidine groups is 1. The number of anilines is 1. The van der Waals surface area contributed by atoms with Crippen molar-refractivity contribution in [3.8, 4) is 5.75 Å². The molecule has 2 aromatic carbocycles. The fourth-order valence-electron chi connectivity index (χ4n) is 3.66. The Kier molecular flexibility index (Phi) is 7.29. The van der Waals surface area contributed by atoms with Crippen molar-refractivity contribution in [2.24, 2.45) is 4.99 Å². The van der Waals surface area contributed by atoms with Gasteiger partial charge in [-0.25, -0.2) is 9.79 Å². The number of nitrogens with zero attached hydrogens (tertiary/aromatic N) is 2. The second kappa shape index (κ2) is 10.4. The highest BCUT2D eigenvalue weighted by Gasteiger charge is 2.37. The fourth-order valence-corrected chi connectivity index (χ4v) is 4.63. The van der Waals surface area contributed by atoms with Crippen LogP contribution in [0, 0.1) is 6.92 Å². The van der Waals surface area contributed by atoms with Gasteiger partial charge in [-0.15, -0.1) is 0 Å². The summed E-state index contributed by atoms with van der Waals surface area (Å²) in [6.07, 6.45) is 1.91. The summed E-state index contributed by atoms with van der Waals surface area (Å²) in [6.45, 7) is 5.63. The van der Waals surface area contributed by atoms with Crippen LogP contribution >= 0.6 is 23.4 Å². The van der Waals surface area contributed by atoms with E-state index in [1.165, 1.54) is 11.8 Å². The molecule has 4 rings (SSSR count). The van der Waals surface area contributed by atoms with Crippen molar-refractivity contribution >= 4 is 46.1 Å². The van der Waals surface area contributed by atoms with Crippen molar-refractivity contribution < 1.29 is 19.1 Å². The first-order valence-corrected chi connectivity index (χ1v) is 12.0. The Hall–Kier alpha value is -3.23. The van der Waals surface area contributed by atoms with Gasteiger partial charge in [0.25, 0.3) is 5.91 Å². The van der Waals surface area contributed by atoms with Gasteiger partial charge < -0.3 is 19.7 Å². The van der Waals surface area contributed by atoms with Crippen molar-refractivity contribution in [2.75, 3.05) is 18.5 Å². The van der Waals surface area contributed by atoms with Crippen LogP contribution in [0.5, 0.6) is 5.75 Å². The van der Waals surface area contributed by atoms with E-state index in [-0.39, 0.29) is 31.1 Å². The molecule has 7 nitrogen and oxygen atoms in total. The van der Waals surface area contributed by atoms with E-state index in [1.54, 1.807) is 31.2 Å². The molecule has 0 bridgehead atoms. The molecule has 0 aromatic heterocycles. The van der Waals surface area contributed by atoms with Crippen LogP contribution in [-0.4, -0.2) is 35.2 Å². The number of ether oxygens (including phenoxy) is 2. The molecule has 0 aliphatic carbocycles. The van der Waals surface area contributed by atoms with E-state index >= 15 is 0 Å². The van der Waals surface area contributed by atoms with E-state index < -0.39 is 0 Å². The zero-order valence-corrected chi connectivity index (χ0v) is 20.6. The van der Waals surface area contributed by atoms with Crippen LogP contribution in [0.15, 0.2) is 70.3 Å². The molecule has 0 spiro atoms. The molecule has 1 atom stereocenters. The Morgan fingerprint density at radius 1 is 1.18 bits per heavy atom. The quantitative estimate of drug-likeness (QED) is 0.513. The first-order valence-electron chi connectivity index (χ1n) is 10.7. The third kappa shape index (κ3) is 5.13. The van der Waals surface area contributed by atoms with Gasteiger partial charge in [0.15, 0.2) is 11.8 Å². The van der Waals surface area contributed by atoms with Crippen molar-refractivity contribution in [2.45, 2.75) is 26.8 Å². The van der Waals surface area contributed by atoms with Gasteiger partial charge in [-0.2, -0.15) is 0 Å². The highest BCUT2D eigenvalue weighted by Crippen LogP contribution is 2.41. The van der Waals surface area contributed by atoms with E-state index in [1.807, 2.05) is 48.6 Å². The lowest BCUT2D eigenvalue weighted by Crippen LogP contribution is -2.34. The van der Waals surface area contributed by atoms with E-state index in [0.29, 0.717) is 27.7 Å². The molecule has 0 fully saturated rings. The second-order valence-corrected chi connectivity index (χ2v) is 8.98. The largest absolute Gasteiger partial charge is 0.484 e. The molecule has 2 aliphatic heterocycles. The lowest BCUT2D eigenvalue weighted by molar-refractivity contribution is -0.139. The number of benzene rings is 2. The summed E-state index contributed by atoms with van der Waals surface area (Å²) in [5, 5.41) is 6.10. The number of hydrogen-bond donors (Lipinski definition) is 1. The molecular formula is C25H24ClN3O4S. The molecule has 176 valence electrons. The van der Waals surface area contributed by atoms with Gasteiger partial charge in [0.2, 0.25) is 0 Å². The van der Waals surface area contributed by atoms with Gasteiger partial charge in [-0.3, -0.25) is 4.79 Å². The second-order valence-electron chi connectivity index (χ2n) is 7.70. The molecule has 0 unspecified atom stereocenters. The predicted octanol–water partition coefficient (Wildman–Crippen LogP) is 5.43. The molecule has 0 saturated carbocycles. The monoisotopic (exact) mass is 497 g/mol. The number of allylic oxidation sites excluding steroid dienone is 1. The van der Waals surface area contributed by atoms with Crippen molar-refractivity contribution in [1.29, 1.82) is 0 Å². The number of rotatable bonds is 7. The zero-order valence-electron chi connectivity index (χ0n) is 19.0. The summed E-state index contributed by atoms with van der Waals surface area (Å²) in [6, 6.07) is 12.3. The lowest BCUT2D eigenvalue weighted by atomic mass is 9.95. The first kappa shape index (κ1) is 23.9. The van der Waals surface area contributed by atoms with Crippen LogP contribution in [0.4, 0.5) is 5.69 Å². The number of amides is 1. The van der Waals surface area contributed by atoms with Gasteiger partial charge in [-0.1, -0.05) is 41.6 Å². The van der Waals surface area contributed by atoms with Crippen LogP contribution in [0.3, 0.4) is 0 Å². The minimum atomic E-state index is -0.383. The maximum Gasteiger partial charge on any atom is 0.338 e. The van der Waals surface area contributed by atoms with Gasteiger partial charge in [0.05, 0.1) is 23.9 Å². The number of fused-ring (bicyclic) bond motifs is 1. The molecule has 2 aliphatic rings. The minimum absolute atomic E-state index is 0.149. The molecule has 9 heteroatoms. The molecular weight excluding hydrogens is 474 g/mol. The molecule has 0 radical (unpaired) electrons. The van der Waals surface area contributed by atoms with E-state index in [9.17, 15) is 9.59 Å². The average Bonchev–Trinajstić information content (AvgIpc) is 3.28. The summed E-state index contributed by atoms with van der Waals surface area (Å²) in [4.78, 5) is 31.5. The smallest absolute Gasteiger partial charge is 0.338 e. The number of esters is 1. The molecule has 1 N–H and O–H groups in total. The lowest BCUT2D eigenvalue weighted by Gasteiger charge is -2.33. The van der Waals surface area contributed by atoms with Crippen molar-refractivity contribution in [3.63, 3.8) is 0 Å². The predicted molar refractivity (Wildman–Crippen MR) is 135 cm³/mol. The van der Waals surface area contributed by atoms with Crippen LogP contribution in [0.2, 0.25) is 5.02 Å². The summed E-state index contributed by atoms with van der Waals surface area (Å²) >= 11 is 7.61. The zero-order chi connectivity index (χ0) is 24.2. The maximum absolute atomic E-state index is 12.7. The van der Waals surface area contributed by atoms with Gasteiger partial charge in [-0.05, 0) is 61.6 Å². The molecule has 0 saturated heterocycles. The first-order chi connectivity index (χ1) is 16.4. The molecule has 1 amide bonds. The summed E-state index contributed by atoms with van der Waals surface area (Å²) < 4.78 is 11.0. The van der Waals surface area contributed by atoms with Crippen LogP contribution in [0.25, 0.3) is 0 Å². The Labute approximate surface area is 207 Å². The number of carbonyl (C=O) groups is 2. The number of carbonyl (C=O) groups excluding carboxylic acids is 2. The normalized spacial score (nSPS) is 16.8. The Bertz CT molecular complexity index is 1210. The Balaban J connectivity index is 1.46. The fraction of sp³-hybridized carbons (Fsp3) is 0.240. The molecule has 2 heterocycles. The van der Waals surface area contributed by atoms with Crippen molar-refractivity contribution in [3.05, 3.63) is 81.5 Å². The summed E-state index contributed by atoms with van der Waals surface area (Å²) in [5.74, 6) is -0.138. The van der Waals surface area contributed by atoms with Crippen LogP contribution < -0.4 is 10.1 Å². The highest BCUT2D eigenvalue weighted by molar-refractivity contribution is 8.16. The average molecular weight is 498 g/mol. The number of nitrogens with one attached hydrogen (secondary N) is 1. The van der Waals surface area contributed by atoms with Gasteiger partial charge in [0.1, 0.15) is 5.75 Å². The molecule has 34 heavy (non-hydrogen) atoms. The number of aliphatic imine (C=N–C) groups is 1. The summed E-state index contributed by atoms with van der Waals surface area (Å²) in [7, 11) is 0. The van der Waals surface area contributed by atoms with Crippen LogP contribution in [0.1, 0.15) is 31.0 Å². The van der Waals surface area contributed by atoms with E-state index in [2.05, 4.69) is 10.3 Å². The highest BCUT2D eigenvalue weighted by atomic mass is 35.5. The number of thioether (sulfide) groups is 1. The number of aryl methyl sites for hydroxylation is 1. The maximum atomic E-state index is 12.7. The van der Waals surface area contributed by atoms with Gasteiger partial charge in [0, 0.05) is 16.9 Å². The molecule has 2 aromatic rings. The number of hydrogen-bond acceptors (Lipinski definition) is 7. The third-order valence-electron chi connectivity index (χ3n) is 5.34. The van der Waals surface area contributed by atoms with Crippen molar-refractivity contribution in [1.82, 2.24) is 4.90 Å². The Morgan fingerprint density at radius 2 is 1.94 bits per heavy atom. The standard InChI is InChI=1S/C25H24ClN3O4S/c1-4-32-24(31)22-16(3)27-25-29(11-12-34-25)23(22)17-6-9-19(10-7-17)33-14-21(30)28-18-8-5-15(2)20(26)13-18/h5-13,23H,4,14H2,1-3H3,(H,28,30)/t23-/m1/s1. The number of halogens is 1.